The minimum absolute atomic E-state index is 0.0791. The van der Waals surface area contributed by atoms with Crippen LogP contribution in [0.2, 0.25) is 0 Å². The van der Waals surface area contributed by atoms with Gasteiger partial charge in [-0.3, -0.25) is 14.2 Å². The maximum atomic E-state index is 11.4. The number of ether oxygens (including phenoxy) is 1. The van der Waals surface area contributed by atoms with Crippen molar-refractivity contribution in [2.45, 2.75) is 46.5 Å². The van der Waals surface area contributed by atoms with Crippen LogP contribution in [-0.4, -0.2) is 38.7 Å². The molecule has 7 heteroatoms. The third-order valence-corrected chi connectivity index (χ3v) is 4.07. The van der Waals surface area contributed by atoms with Crippen LogP contribution in [-0.2, 0) is 27.9 Å². The molecule has 0 spiro atoms. The zero-order chi connectivity index (χ0) is 16.0. The summed E-state index contributed by atoms with van der Waals surface area (Å²) in [7, 11) is -0.554. The van der Waals surface area contributed by atoms with Crippen LogP contribution in [0.3, 0.4) is 0 Å². The molecule has 0 saturated carbocycles. The van der Waals surface area contributed by atoms with Gasteiger partial charge < -0.3 is 13.8 Å². The maximum Gasteiger partial charge on any atom is 0.337 e. The van der Waals surface area contributed by atoms with E-state index in [0.29, 0.717) is 19.4 Å². The molecule has 0 aromatic rings. The van der Waals surface area contributed by atoms with Crippen molar-refractivity contribution in [3.63, 3.8) is 0 Å². The normalized spacial score (nSPS) is 10.4. The number of carbonyl (C=O) groups is 2. The molecule has 0 aliphatic heterocycles. The van der Waals surface area contributed by atoms with Gasteiger partial charge in [0.25, 0.3) is 0 Å². The number of hydrogen-bond donors (Lipinski definition) is 0. The number of ketones is 1. The van der Waals surface area contributed by atoms with Crippen LogP contribution >= 0.6 is 7.60 Å². The van der Waals surface area contributed by atoms with Crippen molar-refractivity contribution >= 4 is 19.3 Å². The van der Waals surface area contributed by atoms with Gasteiger partial charge >= 0.3 is 13.6 Å². The number of Topliss-reactive ketones (excluding diaryl/α,β-unsaturated/α-hetero) is 1. The van der Waals surface area contributed by atoms with Crippen molar-refractivity contribution in [2.24, 2.45) is 0 Å². The van der Waals surface area contributed by atoms with Crippen molar-refractivity contribution < 1.29 is 27.9 Å². The molecular weight excluding hydrogens is 283 g/mol. The summed E-state index contributed by atoms with van der Waals surface area (Å²) in [5.74, 6) is -0.167. The van der Waals surface area contributed by atoms with Crippen LogP contribution in [0, 0.1) is 0 Å². The lowest BCUT2D eigenvalue weighted by atomic mass is 10.3. The van der Waals surface area contributed by atoms with Gasteiger partial charge in [0, 0.05) is 27.1 Å². The highest BCUT2D eigenvalue weighted by Crippen LogP contribution is 2.46. The Morgan fingerprint density at radius 1 is 0.950 bits per heavy atom. The standard InChI is InChI=1S/C7H15O4P.C6H12O2/c1-4-5-7(8)6-12(9,10-2)11-3;1-3-5-6(7)8-4-2/h4-6H2,1-3H3;3-5H2,1-2H3. The second-order valence-electron chi connectivity index (χ2n) is 3.98. The van der Waals surface area contributed by atoms with E-state index in [4.69, 9.17) is 0 Å². The summed E-state index contributed by atoms with van der Waals surface area (Å²) in [5.41, 5.74) is 0. The van der Waals surface area contributed by atoms with E-state index in [1.807, 2.05) is 20.8 Å². The van der Waals surface area contributed by atoms with Gasteiger partial charge in [0.15, 0.2) is 0 Å². The summed E-state index contributed by atoms with van der Waals surface area (Å²) in [6.07, 6.45) is 2.49. The Hall–Kier alpha value is -0.710. The Balaban J connectivity index is 0. The van der Waals surface area contributed by atoms with Gasteiger partial charge in [-0.1, -0.05) is 13.8 Å². The summed E-state index contributed by atoms with van der Waals surface area (Å²) in [5, 5.41) is 0. The molecule has 0 atom stereocenters. The molecule has 120 valence electrons. The highest BCUT2D eigenvalue weighted by Gasteiger charge is 2.24. The summed E-state index contributed by atoms with van der Waals surface area (Å²) >= 11 is 0. The van der Waals surface area contributed by atoms with E-state index in [0.717, 1.165) is 12.8 Å². The smallest absolute Gasteiger partial charge is 0.337 e. The highest BCUT2D eigenvalue weighted by molar-refractivity contribution is 7.54. The van der Waals surface area contributed by atoms with Gasteiger partial charge in [-0.05, 0) is 19.8 Å². The minimum Gasteiger partial charge on any atom is -0.466 e. The minimum atomic E-state index is -3.12. The first-order chi connectivity index (χ1) is 9.38. The molecule has 0 bridgehead atoms. The predicted molar refractivity (Wildman–Crippen MR) is 77.9 cm³/mol. The second kappa shape index (κ2) is 13.3. The lowest BCUT2D eigenvalue weighted by Gasteiger charge is -2.11. The molecule has 0 aromatic heterocycles. The quantitative estimate of drug-likeness (QED) is 0.480. The molecule has 6 nitrogen and oxygen atoms in total. The molecule has 0 heterocycles. The Morgan fingerprint density at radius 3 is 1.80 bits per heavy atom. The molecule has 0 saturated heterocycles. The Kier molecular flexibility index (Phi) is 14.3. The van der Waals surface area contributed by atoms with Crippen molar-refractivity contribution in [1.82, 2.24) is 0 Å². The number of esters is 1. The van der Waals surface area contributed by atoms with E-state index in [2.05, 4.69) is 13.8 Å². The largest absolute Gasteiger partial charge is 0.466 e. The zero-order valence-electron chi connectivity index (χ0n) is 13.1. The summed E-state index contributed by atoms with van der Waals surface area (Å²) in [6.45, 7) is 6.16. The van der Waals surface area contributed by atoms with Crippen LogP contribution in [0.15, 0.2) is 0 Å². The maximum absolute atomic E-state index is 11.4. The van der Waals surface area contributed by atoms with Gasteiger partial charge in [-0.15, -0.1) is 0 Å². The Labute approximate surface area is 121 Å². The first kappa shape index (κ1) is 21.6. The number of hydrogen-bond acceptors (Lipinski definition) is 6. The molecule has 0 fully saturated rings. The van der Waals surface area contributed by atoms with Crippen LogP contribution in [0.4, 0.5) is 0 Å². The summed E-state index contributed by atoms with van der Waals surface area (Å²) < 4.78 is 25.2. The lowest BCUT2D eigenvalue weighted by Crippen LogP contribution is -2.06. The predicted octanol–water partition coefficient (Wildman–Crippen LogP) is 3.19. The second-order valence-corrected chi connectivity index (χ2v) is 6.25. The fraction of sp³-hybridized carbons (Fsp3) is 0.846. The molecule has 0 aromatic carbocycles. The van der Waals surface area contributed by atoms with E-state index in [1.165, 1.54) is 14.2 Å². The summed E-state index contributed by atoms with van der Waals surface area (Å²) in [4.78, 5) is 21.5. The van der Waals surface area contributed by atoms with E-state index in [-0.39, 0.29) is 17.9 Å². The molecule has 20 heavy (non-hydrogen) atoms. The first-order valence-electron chi connectivity index (χ1n) is 6.76. The molecule has 0 unspecified atom stereocenters. The van der Waals surface area contributed by atoms with Gasteiger partial charge in [0.05, 0.1) is 6.61 Å². The van der Waals surface area contributed by atoms with Crippen molar-refractivity contribution in [2.75, 3.05) is 27.0 Å². The Bertz CT molecular complexity index is 300. The highest BCUT2D eigenvalue weighted by atomic mass is 31.2. The Morgan fingerprint density at radius 2 is 1.45 bits per heavy atom. The summed E-state index contributed by atoms with van der Waals surface area (Å²) in [6, 6.07) is 0. The van der Waals surface area contributed by atoms with Gasteiger partial charge in [-0.25, -0.2) is 0 Å². The fourth-order valence-electron chi connectivity index (χ4n) is 1.21. The first-order valence-corrected chi connectivity index (χ1v) is 8.49. The van der Waals surface area contributed by atoms with Gasteiger partial charge in [-0.2, -0.15) is 0 Å². The van der Waals surface area contributed by atoms with E-state index in [1.54, 1.807) is 0 Å². The molecule has 0 amide bonds. The number of rotatable bonds is 9. The molecular formula is C13H27O6P. The lowest BCUT2D eigenvalue weighted by molar-refractivity contribution is -0.143. The van der Waals surface area contributed by atoms with E-state index >= 15 is 0 Å². The van der Waals surface area contributed by atoms with Crippen molar-refractivity contribution in [3.05, 3.63) is 0 Å². The van der Waals surface area contributed by atoms with Crippen LogP contribution in [0.1, 0.15) is 46.5 Å². The third kappa shape index (κ3) is 12.3. The van der Waals surface area contributed by atoms with Crippen molar-refractivity contribution in [1.29, 1.82) is 0 Å². The fourth-order valence-corrected chi connectivity index (χ4v) is 2.21. The zero-order valence-corrected chi connectivity index (χ0v) is 14.0. The van der Waals surface area contributed by atoms with E-state index in [9.17, 15) is 14.2 Å². The molecule has 0 N–H and O–H groups in total. The van der Waals surface area contributed by atoms with Crippen LogP contribution in [0.25, 0.3) is 0 Å². The molecule has 0 radical (unpaired) electrons. The number of carbonyl (C=O) groups excluding carboxylic acids is 2. The van der Waals surface area contributed by atoms with Gasteiger partial charge in [0.2, 0.25) is 0 Å². The average Bonchev–Trinajstić information content (AvgIpc) is 2.40. The van der Waals surface area contributed by atoms with Crippen LogP contribution < -0.4 is 0 Å². The van der Waals surface area contributed by atoms with Crippen LogP contribution in [0.5, 0.6) is 0 Å². The SMILES string of the molecule is CCCC(=O)CP(=O)(OC)OC.CCCC(=O)OCC. The molecule has 0 rings (SSSR count). The monoisotopic (exact) mass is 310 g/mol. The van der Waals surface area contributed by atoms with Crippen molar-refractivity contribution in [3.8, 4) is 0 Å². The topological polar surface area (TPSA) is 78.9 Å². The van der Waals surface area contributed by atoms with E-state index < -0.39 is 7.60 Å². The average molecular weight is 310 g/mol. The molecule has 0 aliphatic carbocycles. The van der Waals surface area contributed by atoms with Gasteiger partial charge in [0.1, 0.15) is 11.9 Å². The third-order valence-electron chi connectivity index (χ3n) is 2.21. The molecule has 0 aliphatic rings.